The van der Waals surface area contributed by atoms with E-state index in [0.29, 0.717) is 6.42 Å². The molecule has 2 N–H and O–H groups in total. The highest BCUT2D eigenvalue weighted by atomic mass is 16.4. The molecule has 0 spiro atoms. The maximum Gasteiger partial charge on any atom is 0.332 e. The number of allylic oxidation sites excluding steroid dienone is 1. The summed E-state index contributed by atoms with van der Waals surface area (Å²) in [4.78, 5) is 21.7. The molecule has 1 atom stereocenters. The molecule has 4 nitrogen and oxygen atoms in total. The van der Waals surface area contributed by atoms with E-state index < -0.39 is 24.7 Å². The second-order valence-electron chi connectivity index (χ2n) is 3.28. The van der Waals surface area contributed by atoms with Crippen molar-refractivity contribution in [3.05, 3.63) is 11.6 Å². The van der Waals surface area contributed by atoms with Crippen LogP contribution in [-0.4, -0.2) is 22.2 Å². The van der Waals surface area contributed by atoms with Gasteiger partial charge in [-0.05, 0) is 19.7 Å². The molecule has 0 aromatic heterocycles. The molecule has 86 valence electrons. The Hall–Kier alpha value is -1.32. The van der Waals surface area contributed by atoms with Crippen molar-refractivity contribution >= 4 is 11.9 Å². The molecule has 0 aliphatic carbocycles. The number of carbonyl (C=O) groups is 2. The fourth-order valence-electron chi connectivity index (χ4n) is 1.13. The van der Waals surface area contributed by atoms with Crippen molar-refractivity contribution in [1.82, 2.24) is 0 Å². The van der Waals surface area contributed by atoms with Gasteiger partial charge < -0.3 is 10.2 Å². The van der Waals surface area contributed by atoms with Crippen LogP contribution in [0.15, 0.2) is 11.6 Å². The molecule has 0 aromatic rings. The van der Waals surface area contributed by atoms with Gasteiger partial charge in [-0.15, -0.1) is 0 Å². The number of hydrogen-bond acceptors (Lipinski definition) is 2. The van der Waals surface area contributed by atoms with E-state index in [1.165, 1.54) is 6.08 Å². The highest BCUT2D eigenvalue weighted by molar-refractivity contribution is 5.93. The first-order chi connectivity index (χ1) is 7.91. The van der Waals surface area contributed by atoms with Gasteiger partial charge in [-0.1, -0.05) is 25.8 Å². The zero-order valence-corrected chi connectivity index (χ0v) is 8.77. The van der Waals surface area contributed by atoms with Crippen LogP contribution < -0.4 is 0 Å². The number of unbranched alkanes of at least 4 members (excludes halogenated alkanes) is 3. The molecule has 0 aromatic carbocycles. The Morgan fingerprint density at radius 2 is 2.07 bits per heavy atom. The van der Waals surface area contributed by atoms with Crippen LogP contribution in [0.3, 0.4) is 0 Å². The molecule has 0 amide bonds. The SMILES string of the molecule is [2H]C([2H])C(C(=O)O)/C(=C\CCCCC)C(=O)O. The number of aliphatic carboxylic acids is 2. The quantitative estimate of drug-likeness (QED) is 0.505. The standard InChI is InChI=1S/C11H18O4/c1-3-4-5-6-7-9(11(14)15)8(2)10(12)13/h7-8H,3-6H2,1-2H3,(H,12,13)(H,14,15)/b9-7+/i2D2. The normalized spacial score (nSPS) is 15.7. The lowest BCUT2D eigenvalue weighted by Gasteiger charge is -2.07. The summed E-state index contributed by atoms with van der Waals surface area (Å²) in [5.74, 6) is -4.39. The van der Waals surface area contributed by atoms with Crippen LogP contribution in [0.4, 0.5) is 0 Å². The molecule has 0 saturated heterocycles. The van der Waals surface area contributed by atoms with Gasteiger partial charge in [0.1, 0.15) is 0 Å². The van der Waals surface area contributed by atoms with Crippen LogP contribution in [-0.2, 0) is 9.59 Å². The van der Waals surface area contributed by atoms with Crippen LogP contribution in [0.1, 0.15) is 42.2 Å². The van der Waals surface area contributed by atoms with Crippen molar-refractivity contribution < 1.29 is 22.5 Å². The molecular formula is C11H18O4. The second kappa shape index (κ2) is 7.04. The summed E-state index contributed by atoms with van der Waals surface area (Å²) in [6, 6.07) is 0. The number of rotatable bonds is 7. The van der Waals surface area contributed by atoms with E-state index in [0.717, 1.165) is 19.3 Å². The first-order valence-electron chi connectivity index (χ1n) is 6.07. The zero-order chi connectivity index (χ0) is 13.4. The summed E-state index contributed by atoms with van der Waals surface area (Å²) >= 11 is 0. The fourth-order valence-corrected chi connectivity index (χ4v) is 1.13. The van der Waals surface area contributed by atoms with Gasteiger partial charge in [0, 0.05) is 8.31 Å². The smallest absolute Gasteiger partial charge is 0.332 e. The minimum atomic E-state index is -1.72. The Morgan fingerprint density at radius 1 is 1.40 bits per heavy atom. The van der Waals surface area contributed by atoms with Crippen LogP contribution >= 0.6 is 0 Å². The molecule has 0 bridgehead atoms. The van der Waals surface area contributed by atoms with Gasteiger partial charge in [-0.2, -0.15) is 0 Å². The van der Waals surface area contributed by atoms with E-state index in [2.05, 4.69) is 0 Å². The highest BCUT2D eigenvalue weighted by Gasteiger charge is 2.21. The Labute approximate surface area is 92.4 Å². The zero-order valence-electron chi connectivity index (χ0n) is 10.8. The van der Waals surface area contributed by atoms with Crippen molar-refractivity contribution in [3.63, 3.8) is 0 Å². The molecule has 0 aliphatic rings. The van der Waals surface area contributed by atoms with Crippen LogP contribution in [0.2, 0.25) is 0 Å². The van der Waals surface area contributed by atoms with E-state index in [1.54, 1.807) is 0 Å². The monoisotopic (exact) mass is 216 g/mol. The third kappa shape index (κ3) is 5.20. The van der Waals surface area contributed by atoms with Gasteiger partial charge in [0.15, 0.2) is 0 Å². The van der Waals surface area contributed by atoms with Crippen molar-refractivity contribution in [3.8, 4) is 0 Å². The van der Waals surface area contributed by atoms with Crippen LogP contribution in [0, 0.1) is 5.92 Å². The van der Waals surface area contributed by atoms with Crippen molar-refractivity contribution in [1.29, 1.82) is 0 Å². The minimum absolute atomic E-state index is 0.358. The van der Waals surface area contributed by atoms with Gasteiger partial charge in [-0.3, -0.25) is 4.79 Å². The van der Waals surface area contributed by atoms with Gasteiger partial charge in [0.25, 0.3) is 0 Å². The average molecular weight is 216 g/mol. The minimum Gasteiger partial charge on any atom is -0.481 e. The summed E-state index contributed by atoms with van der Waals surface area (Å²) < 4.78 is 14.2. The van der Waals surface area contributed by atoms with Crippen molar-refractivity contribution in [2.45, 2.75) is 39.5 Å². The Bertz CT molecular complexity index is 300. The molecule has 15 heavy (non-hydrogen) atoms. The Balaban J connectivity index is 4.80. The van der Waals surface area contributed by atoms with Gasteiger partial charge in [0.05, 0.1) is 5.92 Å². The predicted octanol–water partition coefficient (Wildman–Crippen LogP) is 2.30. The van der Waals surface area contributed by atoms with Gasteiger partial charge in [0.2, 0.25) is 0 Å². The molecule has 0 heterocycles. The third-order valence-electron chi connectivity index (χ3n) is 2.02. The highest BCUT2D eigenvalue weighted by Crippen LogP contribution is 2.13. The summed E-state index contributed by atoms with van der Waals surface area (Å²) in [6.45, 7) is 0.284. The van der Waals surface area contributed by atoms with Gasteiger partial charge >= 0.3 is 11.9 Å². The summed E-state index contributed by atoms with van der Waals surface area (Å²) in [7, 11) is 0. The van der Waals surface area contributed by atoms with Crippen LogP contribution in [0.5, 0.6) is 0 Å². The maximum absolute atomic E-state index is 10.9. The molecule has 0 fully saturated rings. The summed E-state index contributed by atoms with van der Waals surface area (Å²) in [6.07, 6.45) is 4.49. The Kier molecular flexibility index (Phi) is 4.79. The summed E-state index contributed by atoms with van der Waals surface area (Å²) in [5.41, 5.74) is -0.358. The van der Waals surface area contributed by atoms with E-state index in [9.17, 15) is 9.59 Å². The number of carboxylic acid groups (broad SMARTS) is 2. The van der Waals surface area contributed by atoms with Gasteiger partial charge in [-0.25, -0.2) is 4.79 Å². The van der Waals surface area contributed by atoms with Crippen LogP contribution in [0.25, 0.3) is 0 Å². The Morgan fingerprint density at radius 3 is 2.47 bits per heavy atom. The lowest BCUT2D eigenvalue weighted by atomic mass is 9.99. The lowest BCUT2D eigenvalue weighted by Crippen LogP contribution is -2.18. The second-order valence-corrected chi connectivity index (χ2v) is 3.28. The van der Waals surface area contributed by atoms with Crippen molar-refractivity contribution in [2.75, 3.05) is 0 Å². The lowest BCUT2D eigenvalue weighted by molar-refractivity contribution is -0.143. The number of hydrogen-bond donors (Lipinski definition) is 2. The largest absolute Gasteiger partial charge is 0.481 e. The fraction of sp³-hybridized carbons (Fsp3) is 0.636. The third-order valence-corrected chi connectivity index (χ3v) is 2.02. The van der Waals surface area contributed by atoms with E-state index in [1.807, 2.05) is 6.92 Å². The van der Waals surface area contributed by atoms with Crippen molar-refractivity contribution in [2.24, 2.45) is 5.92 Å². The molecule has 1 unspecified atom stereocenters. The first-order valence-corrected chi connectivity index (χ1v) is 4.92. The summed E-state index contributed by atoms with van der Waals surface area (Å²) in [5, 5.41) is 17.7. The maximum atomic E-state index is 10.9. The molecule has 4 heteroatoms. The average Bonchev–Trinajstić information content (AvgIpc) is 2.20. The molecule has 0 aliphatic heterocycles. The predicted molar refractivity (Wildman–Crippen MR) is 56.7 cm³/mol. The number of carboxylic acids is 2. The topological polar surface area (TPSA) is 74.6 Å². The van der Waals surface area contributed by atoms with E-state index in [-0.39, 0.29) is 5.57 Å². The van der Waals surface area contributed by atoms with E-state index >= 15 is 0 Å². The molecule has 0 rings (SSSR count). The molecular weight excluding hydrogens is 196 g/mol. The molecule has 0 saturated carbocycles. The van der Waals surface area contributed by atoms with E-state index in [4.69, 9.17) is 13.0 Å². The first kappa shape index (κ1) is 10.2. The molecule has 0 radical (unpaired) electrons.